The topological polar surface area (TPSA) is 99.5 Å². The van der Waals surface area contributed by atoms with Crippen LogP contribution in [0.5, 0.6) is 5.75 Å². The predicted molar refractivity (Wildman–Crippen MR) is 132 cm³/mol. The van der Waals surface area contributed by atoms with Crippen LogP contribution in [0.15, 0.2) is 54.9 Å². The summed E-state index contributed by atoms with van der Waals surface area (Å²) < 4.78 is 44.9. The zero-order chi connectivity index (χ0) is 26.2. The number of aryl methyl sites for hydroxylation is 1. The summed E-state index contributed by atoms with van der Waals surface area (Å²) in [7, 11) is 1.56. The number of hydrogen-bond acceptors (Lipinski definition) is 6. The molecule has 0 radical (unpaired) electrons. The van der Waals surface area contributed by atoms with E-state index in [0.717, 1.165) is 36.2 Å². The van der Waals surface area contributed by atoms with Crippen molar-refractivity contribution in [2.75, 3.05) is 12.4 Å². The molecule has 0 saturated heterocycles. The van der Waals surface area contributed by atoms with Crippen LogP contribution in [0.4, 0.5) is 24.8 Å². The highest BCUT2D eigenvalue weighted by molar-refractivity contribution is 5.71. The number of H-pyrrole nitrogens is 1. The molecular weight excluding hydrogens is 481 g/mol. The summed E-state index contributed by atoms with van der Waals surface area (Å²) in [5, 5.41) is 12.9. The normalized spacial score (nSPS) is 14.2. The number of ether oxygens (including phenoxy) is 1. The summed E-state index contributed by atoms with van der Waals surface area (Å²) >= 11 is 0. The molecule has 5 rings (SSSR count). The van der Waals surface area contributed by atoms with Crippen LogP contribution >= 0.6 is 0 Å². The predicted octanol–water partition coefficient (Wildman–Crippen LogP) is 6.63. The van der Waals surface area contributed by atoms with Gasteiger partial charge in [-0.3, -0.25) is 0 Å². The van der Waals surface area contributed by atoms with E-state index in [-0.39, 0.29) is 11.9 Å². The van der Waals surface area contributed by atoms with Crippen LogP contribution in [0, 0.1) is 24.2 Å². The minimum atomic E-state index is -4.44. The molecule has 0 amide bonds. The minimum absolute atomic E-state index is 0.197. The van der Waals surface area contributed by atoms with Crippen molar-refractivity contribution in [2.24, 2.45) is 5.92 Å². The van der Waals surface area contributed by atoms with Gasteiger partial charge in [-0.25, -0.2) is 15.0 Å². The van der Waals surface area contributed by atoms with Gasteiger partial charge in [0.25, 0.3) is 0 Å². The molecule has 188 valence electrons. The van der Waals surface area contributed by atoms with E-state index in [1.54, 1.807) is 25.6 Å². The van der Waals surface area contributed by atoms with Crippen molar-refractivity contribution in [3.8, 4) is 34.5 Å². The van der Waals surface area contributed by atoms with Crippen LogP contribution in [-0.2, 0) is 6.18 Å². The molecule has 1 aliphatic rings. The second-order valence-corrected chi connectivity index (χ2v) is 8.95. The molecule has 1 aliphatic carbocycles. The lowest BCUT2D eigenvalue weighted by Crippen LogP contribution is -2.08. The van der Waals surface area contributed by atoms with Crippen LogP contribution in [-0.4, -0.2) is 27.0 Å². The first-order valence-electron chi connectivity index (χ1n) is 11.7. The fourth-order valence-electron chi connectivity index (χ4n) is 4.23. The Labute approximate surface area is 211 Å². The molecule has 1 unspecified atom stereocenters. The van der Waals surface area contributed by atoms with E-state index in [1.807, 2.05) is 19.1 Å². The third kappa shape index (κ3) is 5.11. The lowest BCUT2D eigenvalue weighted by atomic mass is 9.92. The highest BCUT2D eigenvalue weighted by atomic mass is 19.4. The van der Waals surface area contributed by atoms with E-state index in [1.165, 1.54) is 12.1 Å². The van der Waals surface area contributed by atoms with Gasteiger partial charge in [-0.1, -0.05) is 12.1 Å². The Balaban J connectivity index is 1.50. The van der Waals surface area contributed by atoms with Crippen molar-refractivity contribution >= 4 is 11.6 Å². The first kappa shape index (κ1) is 24.3. The molecule has 0 spiro atoms. The largest absolute Gasteiger partial charge is 0.496 e. The van der Waals surface area contributed by atoms with Crippen LogP contribution in [0.25, 0.3) is 22.6 Å². The maximum absolute atomic E-state index is 13.1. The van der Waals surface area contributed by atoms with Gasteiger partial charge in [0, 0.05) is 35.3 Å². The Bertz CT molecular complexity index is 1470. The molecular formula is C27H23F3N6O. The van der Waals surface area contributed by atoms with Crippen molar-refractivity contribution in [2.45, 2.75) is 31.9 Å². The second kappa shape index (κ2) is 9.58. The number of anilines is 2. The fourth-order valence-corrected chi connectivity index (χ4v) is 4.23. The lowest BCUT2D eigenvalue weighted by molar-refractivity contribution is -0.137. The van der Waals surface area contributed by atoms with Gasteiger partial charge in [0.1, 0.15) is 11.6 Å². The van der Waals surface area contributed by atoms with Gasteiger partial charge in [-0.05, 0) is 49.9 Å². The summed E-state index contributed by atoms with van der Waals surface area (Å²) in [5.41, 5.74) is 3.05. The zero-order valence-corrected chi connectivity index (χ0v) is 20.1. The quantitative estimate of drug-likeness (QED) is 0.293. The van der Waals surface area contributed by atoms with E-state index in [2.05, 4.69) is 31.3 Å². The molecule has 2 aromatic carbocycles. The van der Waals surface area contributed by atoms with Crippen LogP contribution in [0.2, 0.25) is 0 Å². The molecule has 1 fully saturated rings. The first-order chi connectivity index (χ1) is 17.8. The SMILES string of the molecule is COc1cc(Nc2ncc(C(C#N)C3CC3)c(-c3ccc(C(F)(F)F)cc3)n2)ccc1-c1nc(C)c[nH]1. The second-order valence-electron chi connectivity index (χ2n) is 8.95. The lowest BCUT2D eigenvalue weighted by Gasteiger charge is -2.16. The summed E-state index contributed by atoms with van der Waals surface area (Å²) in [4.78, 5) is 16.6. The third-order valence-electron chi connectivity index (χ3n) is 6.29. The molecule has 10 heteroatoms. The Morgan fingerprint density at radius 1 is 1.14 bits per heavy atom. The summed E-state index contributed by atoms with van der Waals surface area (Å²) in [6, 6.07) is 12.6. The van der Waals surface area contributed by atoms with Crippen molar-refractivity contribution < 1.29 is 17.9 Å². The number of imidazole rings is 1. The van der Waals surface area contributed by atoms with E-state index < -0.39 is 17.7 Å². The number of benzene rings is 2. The maximum Gasteiger partial charge on any atom is 0.416 e. The molecule has 7 nitrogen and oxygen atoms in total. The summed E-state index contributed by atoms with van der Waals surface area (Å²) in [6.45, 7) is 1.89. The molecule has 2 N–H and O–H groups in total. The highest BCUT2D eigenvalue weighted by Gasteiger charge is 2.35. The number of rotatable bonds is 7. The summed E-state index contributed by atoms with van der Waals surface area (Å²) in [6.07, 6.45) is 0.793. The Kier molecular flexibility index (Phi) is 6.29. The first-order valence-corrected chi connectivity index (χ1v) is 11.7. The van der Waals surface area contributed by atoms with Gasteiger partial charge < -0.3 is 15.0 Å². The maximum atomic E-state index is 13.1. The number of nitrogens with one attached hydrogen (secondary N) is 2. The van der Waals surface area contributed by atoms with Crippen molar-refractivity contribution in [3.63, 3.8) is 0 Å². The summed E-state index contributed by atoms with van der Waals surface area (Å²) in [5.74, 6) is 1.27. The van der Waals surface area contributed by atoms with Gasteiger partial charge in [0.15, 0.2) is 0 Å². The Hall–Kier alpha value is -4.39. The standard InChI is InChI=1S/C27H23F3N6O/c1-15-13-32-25(34-15)20-10-9-19(11-23(20)37-2)35-26-33-14-22(21(12-31)16-3-4-16)24(36-26)17-5-7-18(8-6-17)27(28,29)30/h5-11,13-14,16,21H,3-4H2,1-2H3,(H,32,34)(H,33,35,36). The minimum Gasteiger partial charge on any atom is -0.496 e. The number of nitriles is 1. The molecule has 1 saturated carbocycles. The van der Waals surface area contributed by atoms with Gasteiger partial charge >= 0.3 is 6.18 Å². The molecule has 4 aromatic rings. The number of hydrogen-bond donors (Lipinski definition) is 2. The van der Waals surface area contributed by atoms with Crippen molar-refractivity contribution in [3.05, 3.63) is 71.7 Å². The molecule has 2 aromatic heterocycles. The van der Waals surface area contributed by atoms with E-state index in [4.69, 9.17) is 4.74 Å². The van der Waals surface area contributed by atoms with Crippen molar-refractivity contribution in [1.82, 2.24) is 19.9 Å². The van der Waals surface area contributed by atoms with Gasteiger partial charge in [0.05, 0.1) is 41.6 Å². The van der Waals surface area contributed by atoms with E-state index in [9.17, 15) is 18.4 Å². The molecule has 1 atom stereocenters. The Morgan fingerprint density at radius 3 is 2.49 bits per heavy atom. The molecule has 37 heavy (non-hydrogen) atoms. The number of halogens is 3. The third-order valence-corrected chi connectivity index (χ3v) is 6.29. The van der Waals surface area contributed by atoms with Crippen LogP contribution in [0.1, 0.15) is 35.6 Å². The van der Waals surface area contributed by atoms with Gasteiger partial charge in [-0.2, -0.15) is 18.4 Å². The van der Waals surface area contributed by atoms with Crippen molar-refractivity contribution in [1.29, 1.82) is 5.26 Å². The molecule has 0 bridgehead atoms. The van der Waals surface area contributed by atoms with E-state index in [0.29, 0.717) is 34.1 Å². The van der Waals surface area contributed by atoms with Crippen LogP contribution < -0.4 is 10.1 Å². The Morgan fingerprint density at radius 2 is 1.89 bits per heavy atom. The molecule has 0 aliphatic heterocycles. The van der Waals surface area contributed by atoms with Gasteiger partial charge in [-0.15, -0.1) is 0 Å². The smallest absolute Gasteiger partial charge is 0.416 e. The number of aromatic nitrogens is 4. The number of aromatic amines is 1. The highest BCUT2D eigenvalue weighted by Crippen LogP contribution is 2.45. The number of nitrogens with zero attached hydrogens (tertiary/aromatic N) is 4. The number of methoxy groups -OCH3 is 1. The van der Waals surface area contributed by atoms with E-state index >= 15 is 0 Å². The average molecular weight is 505 g/mol. The fraction of sp³-hybridized carbons (Fsp3) is 0.259. The molecule has 2 heterocycles. The monoisotopic (exact) mass is 504 g/mol. The van der Waals surface area contributed by atoms with Gasteiger partial charge in [0.2, 0.25) is 5.95 Å². The average Bonchev–Trinajstić information content (AvgIpc) is 3.63. The van der Waals surface area contributed by atoms with Crippen LogP contribution in [0.3, 0.4) is 0 Å². The zero-order valence-electron chi connectivity index (χ0n) is 20.1. The number of alkyl halides is 3.